The van der Waals surface area contributed by atoms with Crippen LogP contribution in [0.25, 0.3) is 0 Å². The van der Waals surface area contributed by atoms with Gasteiger partial charge < -0.3 is 15.0 Å². The number of nitrogens with zero attached hydrogens (tertiary/aromatic N) is 8. The fourth-order valence-corrected chi connectivity index (χ4v) is 4.72. The van der Waals surface area contributed by atoms with Crippen LogP contribution < -0.4 is 15.0 Å². The highest BCUT2D eigenvalue weighted by molar-refractivity contribution is 6.02. The number of hydrogen-bond acceptors (Lipinski definition) is 8. The van der Waals surface area contributed by atoms with E-state index in [4.69, 9.17) is 4.74 Å². The molecule has 0 saturated carbocycles. The van der Waals surface area contributed by atoms with Gasteiger partial charge in [-0.15, -0.1) is 5.10 Å². The Bertz CT molecular complexity index is 1470. The van der Waals surface area contributed by atoms with Gasteiger partial charge in [-0.1, -0.05) is 36.4 Å². The summed E-state index contributed by atoms with van der Waals surface area (Å²) < 4.78 is 9.46. The van der Waals surface area contributed by atoms with E-state index < -0.39 is 11.9 Å². The van der Waals surface area contributed by atoms with Crippen LogP contribution in [0.15, 0.2) is 61.2 Å². The number of carbonyl (C=O) groups excluding carboxylic acids is 2. The first-order valence-corrected chi connectivity index (χ1v) is 12.4. The second kappa shape index (κ2) is 10.1. The summed E-state index contributed by atoms with van der Waals surface area (Å²) >= 11 is 0. The number of carbonyl (C=O) groups is 2. The molecule has 0 spiro atoms. The van der Waals surface area contributed by atoms with Gasteiger partial charge in [-0.05, 0) is 23.3 Å². The van der Waals surface area contributed by atoms with E-state index >= 15 is 0 Å². The summed E-state index contributed by atoms with van der Waals surface area (Å²) in [5.41, 5.74) is 2.75. The number of benzene rings is 2. The molecule has 0 aliphatic carbocycles. The van der Waals surface area contributed by atoms with E-state index in [0.717, 1.165) is 30.0 Å². The molecule has 12 nitrogen and oxygen atoms in total. The lowest BCUT2D eigenvalue weighted by molar-refractivity contribution is -0.120. The SMILES string of the molecule is CN1C(=O)[C@H](NC(=O)c2ncn(Cc3ccccc3)n2)COc2ccc(CN3CCn4ncnc4C3)cc21. The Morgan fingerprint density at radius 3 is 2.82 bits per heavy atom. The summed E-state index contributed by atoms with van der Waals surface area (Å²) in [6.45, 7) is 3.58. The number of nitrogens with one attached hydrogen (secondary N) is 1. The Morgan fingerprint density at radius 1 is 1.08 bits per heavy atom. The molecule has 4 heterocycles. The van der Waals surface area contributed by atoms with E-state index in [1.165, 1.54) is 11.2 Å². The van der Waals surface area contributed by atoms with Gasteiger partial charge in [-0.2, -0.15) is 5.10 Å². The van der Waals surface area contributed by atoms with Gasteiger partial charge >= 0.3 is 0 Å². The lowest BCUT2D eigenvalue weighted by atomic mass is 10.1. The maximum Gasteiger partial charge on any atom is 0.291 e. The third-order valence-corrected chi connectivity index (χ3v) is 6.75. The van der Waals surface area contributed by atoms with E-state index in [1.54, 1.807) is 18.1 Å². The van der Waals surface area contributed by atoms with Gasteiger partial charge in [0.1, 0.15) is 36.9 Å². The molecular weight excluding hydrogens is 486 g/mol. The molecule has 4 aromatic rings. The highest BCUT2D eigenvalue weighted by Gasteiger charge is 2.32. The predicted molar refractivity (Wildman–Crippen MR) is 136 cm³/mol. The summed E-state index contributed by atoms with van der Waals surface area (Å²) in [5.74, 6) is 0.725. The van der Waals surface area contributed by atoms with Gasteiger partial charge in [-0.25, -0.2) is 19.3 Å². The molecule has 0 unspecified atom stereocenters. The average molecular weight is 514 g/mol. The summed E-state index contributed by atoms with van der Waals surface area (Å²) in [5, 5.41) is 11.2. The van der Waals surface area contributed by atoms with Crippen molar-refractivity contribution in [1.82, 2.24) is 39.7 Å². The molecule has 2 aliphatic heterocycles. The van der Waals surface area contributed by atoms with E-state index in [0.29, 0.717) is 31.1 Å². The molecule has 1 N–H and O–H groups in total. The first kappa shape index (κ1) is 23.8. The minimum atomic E-state index is -0.877. The van der Waals surface area contributed by atoms with E-state index in [1.807, 2.05) is 53.2 Å². The number of rotatable bonds is 6. The second-order valence-electron chi connectivity index (χ2n) is 9.40. The standard InChI is InChI=1S/C26H27N9O3/c1-32-21-11-19(12-33-9-10-35-23(14-33)27-16-29-35)7-8-22(21)38-15-20(26(32)37)30-25(36)24-28-17-34(31-24)13-18-5-3-2-4-6-18/h2-8,11,16-17,20H,9-10,12-15H2,1H3,(H,30,36)/t20-/m1/s1. The molecule has 194 valence electrons. The number of aromatic nitrogens is 6. The minimum Gasteiger partial charge on any atom is -0.489 e. The van der Waals surface area contributed by atoms with Crippen molar-refractivity contribution in [2.45, 2.75) is 32.2 Å². The zero-order valence-corrected chi connectivity index (χ0v) is 20.9. The summed E-state index contributed by atoms with van der Waals surface area (Å²) in [7, 11) is 1.69. The van der Waals surface area contributed by atoms with Crippen molar-refractivity contribution >= 4 is 17.5 Å². The van der Waals surface area contributed by atoms with Crippen LogP contribution in [0, 0.1) is 0 Å². The summed E-state index contributed by atoms with van der Waals surface area (Å²) in [6, 6.07) is 14.7. The molecule has 2 aliphatic rings. The topological polar surface area (TPSA) is 123 Å². The molecule has 0 saturated heterocycles. The smallest absolute Gasteiger partial charge is 0.291 e. The quantitative estimate of drug-likeness (QED) is 0.407. The van der Waals surface area contributed by atoms with Crippen molar-refractivity contribution in [3.63, 3.8) is 0 Å². The van der Waals surface area contributed by atoms with E-state index in [9.17, 15) is 9.59 Å². The highest BCUT2D eigenvalue weighted by Crippen LogP contribution is 2.32. The predicted octanol–water partition coefficient (Wildman–Crippen LogP) is 1.09. The van der Waals surface area contributed by atoms with Crippen LogP contribution in [0.1, 0.15) is 27.6 Å². The lowest BCUT2D eigenvalue weighted by Crippen LogP contribution is -2.49. The Morgan fingerprint density at radius 2 is 1.95 bits per heavy atom. The van der Waals surface area contributed by atoms with Crippen molar-refractivity contribution in [3.05, 3.63) is 84.0 Å². The highest BCUT2D eigenvalue weighted by atomic mass is 16.5. The first-order valence-electron chi connectivity index (χ1n) is 12.4. The first-order chi connectivity index (χ1) is 18.5. The molecule has 12 heteroatoms. The molecule has 38 heavy (non-hydrogen) atoms. The molecule has 2 amide bonds. The third kappa shape index (κ3) is 4.85. The van der Waals surface area contributed by atoms with E-state index in [-0.39, 0.29) is 18.3 Å². The van der Waals surface area contributed by atoms with Crippen LogP contribution in [0.3, 0.4) is 0 Å². The normalized spacial score (nSPS) is 17.3. The zero-order chi connectivity index (χ0) is 26.1. The third-order valence-electron chi connectivity index (χ3n) is 6.75. The Kier molecular flexibility index (Phi) is 6.30. The van der Waals surface area contributed by atoms with Gasteiger partial charge in [0.15, 0.2) is 0 Å². The number of hydrogen-bond donors (Lipinski definition) is 1. The second-order valence-corrected chi connectivity index (χ2v) is 9.40. The molecule has 6 rings (SSSR count). The van der Waals surface area contributed by atoms with Crippen molar-refractivity contribution in [2.24, 2.45) is 0 Å². The van der Waals surface area contributed by atoms with Crippen molar-refractivity contribution in [3.8, 4) is 5.75 Å². The Hall–Kier alpha value is -4.58. The number of amides is 2. The van der Waals surface area contributed by atoms with Crippen LogP contribution in [-0.2, 0) is 31.0 Å². The molecular formula is C26H27N9O3. The van der Waals surface area contributed by atoms with Crippen molar-refractivity contribution < 1.29 is 14.3 Å². The van der Waals surface area contributed by atoms with E-state index in [2.05, 4.69) is 30.4 Å². The van der Waals surface area contributed by atoms with Gasteiger partial charge in [0.25, 0.3) is 11.8 Å². The van der Waals surface area contributed by atoms with Gasteiger partial charge in [-0.3, -0.25) is 14.5 Å². The van der Waals surface area contributed by atoms with Gasteiger partial charge in [0.05, 0.1) is 25.3 Å². The van der Waals surface area contributed by atoms with Crippen LogP contribution >= 0.6 is 0 Å². The number of likely N-dealkylation sites (N-methyl/N-ethyl adjacent to an activating group) is 1. The van der Waals surface area contributed by atoms with Crippen LogP contribution in [0.4, 0.5) is 5.69 Å². The van der Waals surface area contributed by atoms with Gasteiger partial charge in [0.2, 0.25) is 5.82 Å². The molecule has 1 atom stereocenters. The summed E-state index contributed by atoms with van der Waals surface area (Å²) in [6.07, 6.45) is 3.09. The monoisotopic (exact) mass is 513 g/mol. The van der Waals surface area contributed by atoms with Crippen LogP contribution in [0.5, 0.6) is 5.75 Å². The molecule has 0 radical (unpaired) electrons. The lowest BCUT2D eigenvalue weighted by Gasteiger charge is -2.27. The Balaban J connectivity index is 1.11. The average Bonchev–Trinajstić information content (AvgIpc) is 3.58. The van der Waals surface area contributed by atoms with Crippen LogP contribution in [0.2, 0.25) is 0 Å². The van der Waals surface area contributed by atoms with Gasteiger partial charge in [0, 0.05) is 20.1 Å². The van der Waals surface area contributed by atoms with Crippen LogP contribution in [-0.4, -0.2) is 72.5 Å². The molecule has 0 fully saturated rings. The fourth-order valence-electron chi connectivity index (χ4n) is 4.72. The molecule has 0 bridgehead atoms. The van der Waals surface area contributed by atoms with Crippen molar-refractivity contribution in [1.29, 1.82) is 0 Å². The molecule has 2 aromatic carbocycles. The molecule has 2 aromatic heterocycles. The number of fused-ring (bicyclic) bond motifs is 2. The number of ether oxygens (including phenoxy) is 1. The largest absolute Gasteiger partial charge is 0.489 e. The maximum atomic E-state index is 13.3. The minimum absolute atomic E-state index is 0.00204. The number of anilines is 1. The summed E-state index contributed by atoms with van der Waals surface area (Å²) in [4.78, 5) is 38.4. The zero-order valence-electron chi connectivity index (χ0n) is 20.9. The maximum absolute atomic E-state index is 13.3. The fraction of sp³-hybridized carbons (Fsp3) is 0.308. The Labute approximate surface area is 218 Å². The van der Waals surface area contributed by atoms with Crippen molar-refractivity contribution in [2.75, 3.05) is 25.1 Å².